The van der Waals surface area contributed by atoms with Gasteiger partial charge in [0.2, 0.25) is 11.8 Å². The number of nitrogens with one attached hydrogen (secondary N) is 1. The number of carbonyl (C=O) groups excluding carboxylic acids is 2. The first kappa shape index (κ1) is 26.0. The molecule has 7 heteroatoms. The second kappa shape index (κ2) is 12.7. The lowest BCUT2D eigenvalue weighted by molar-refractivity contribution is -0.140. The van der Waals surface area contributed by atoms with Crippen molar-refractivity contribution < 1.29 is 23.8 Å². The van der Waals surface area contributed by atoms with Gasteiger partial charge in [0.15, 0.2) is 11.5 Å². The highest BCUT2D eigenvalue weighted by Crippen LogP contribution is 2.28. The summed E-state index contributed by atoms with van der Waals surface area (Å²) in [6, 6.07) is 12.6. The zero-order chi connectivity index (χ0) is 24.4. The van der Waals surface area contributed by atoms with E-state index in [0.717, 1.165) is 17.5 Å². The lowest BCUT2D eigenvalue weighted by Crippen LogP contribution is -2.49. The van der Waals surface area contributed by atoms with Crippen molar-refractivity contribution in [2.45, 2.75) is 58.7 Å². The van der Waals surface area contributed by atoms with Crippen molar-refractivity contribution in [2.24, 2.45) is 0 Å². The quantitative estimate of drug-likeness (QED) is 0.523. The van der Waals surface area contributed by atoms with E-state index < -0.39 is 6.04 Å². The van der Waals surface area contributed by atoms with Crippen LogP contribution in [0.4, 0.5) is 0 Å². The minimum atomic E-state index is -0.608. The predicted molar refractivity (Wildman–Crippen MR) is 129 cm³/mol. The number of aryl methyl sites for hydroxylation is 1. The van der Waals surface area contributed by atoms with Gasteiger partial charge < -0.3 is 24.4 Å². The highest BCUT2D eigenvalue weighted by atomic mass is 16.5. The largest absolute Gasteiger partial charge is 0.497 e. The van der Waals surface area contributed by atoms with Crippen molar-refractivity contribution in [1.82, 2.24) is 10.2 Å². The summed E-state index contributed by atoms with van der Waals surface area (Å²) in [4.78, 5) is 27.8. The lowest BCUT2D eigenvalue weighted by Gasteiger charge is -2.30. The molecule has 0 unspecified atom stereocenters. The van der Waals surface area contributed by atoms with Crippen LogP contribution in [-0.4, -0.2) is 50.1 Å². The molecule has 0 aliphatic heterocycles. The molecule has 33 heavy (non-hydrogen) atoms. The molecule has 0 aromatic heterocycles. The molecule has 2 rings (SSSR count). The first-order valence-corrected chi connectivity index (χ1v) is 11.3. The Labute approximate surface area is 197 Å². The van der Waals surface area contributed by atoms with Crippen LogP contribution in [0.1, 0.15) is 44.7 Å². The van der Waals surface area contributed by atoms with Gasteiger partial charge in [-0.15, -0.1) is 0 Å². The smallest absolute Gasteiger partial charge is 0.242 e. The van der Waals surface area contributed by atoms with E-state index >= 15 is 0 Å². The van der Waals surface area contributed by atoms with E-state index in [2.05, 4.69) is 5.32 Å². The number of rotatable bonds is 12. The van der Waals surface area contributed by atoms with Crippen molar-refractivity contribution in [2.75, 3.05) is 21.3 Å². The summed E-state index contributed by atoms with van der Waals surface area (Å²) in [6.45, 7) is 6.05. The summed E-state index contributed by atoms with van der Waals surface area (Å²) in [5.41, 5.74) is 1.86. The van der Waals surface area contributed by atoms with E-state index in [1.165, 1.54) is 0 Å². The second-order valence-corrected chi connectivity index (χ2v) is 8.06. The molecule has 0 aliphatic carbocycles. The lowest BCUT2D eigenvalue weighted by atomic mass is 10.1. The number of methoxy groups -OCH3 is 3. The fourth-order valence-electron chi connectivity index (χ4n) is 3.45. The fourth-order valence-corrected chi connectivity index (χ4v) is 3.45. The second-order valence-electron chi connectivity index (χ2n) is 8.06. The molecule has 1 N–H and O–H groups in total. The zero-order valence-electron chi connectivity index (χ0n) is 20.5. The van der Waals surface area contributed by atoms with Gasteiger partial charge in [-0.3, -0.25) is 9.59 Å². The zero-order valence-corrected chi connectivity index (χ0v) is 20.5. The molecule has 0 spiro atoms. The molecular weight excluding hydrogens is 420 g/mol. The number of carbonyl (C=O) groups is 2. The Balaban J connectivity index is 2.20. The molecule has 180 valence electrons. The van der Waals surface area contributed by atoms with E-state index in [-0.39, 0.29) is 24.3 Å². The molecule has 0 bridgehead atoms. The summed E-state index contributed by atoms with van der Waals surface area (Å²) in [7, 11) is 4.77. The van der Waals surface area contributed by atoms with Gasteiger partial charge in [0, 0.05) is 19.0 Å². The third kappa shape index (κ3) is 7.41. The van der Waals surface area contributed by atoms with Crippen molar-refractivity contribution in [3.05, 3.63) is 53.6 Å². The van der Waals surface area contributed by atoms with E-state index in [0.29, 0.717) is 30.2 Å². The highest BCUT2D eigenvalue weighted by molar-refractivity contribution is 5.87. The SMILES string of the molecule is CC[C@@H](C)NC(=O)[C@@H](C)N(Cc1cccc(OC)c1)C(=O)CCc1ccc(OC)c(OC)c1. The Kier molecular flexibility index (Phi) is 10.0. The van der Waals surface area contributed by atoms with Crippen LogP contribution < -0.4 is 19.5 Å². The summed E-state index contributed by atoms with van der Waals surface area (Å²) in [6.07, 6.45) is 1.61. The van der Waals surface area contributed by atoms with Crippen LogP contribution in [0.5, 0.6) is 17.2 Å². The normalized spacial score (nSPS) is 12.4. The molecule has 2 aromatic rings. The first-order chi connectivity index (χ1) is 15.8. The van der Waals surface area contributed by atoms with E-state index in [1.807, 2.05) is 56.3 Å². The third-order valence-electron chi connectivity index (χ3n) is 5.73. The number of amides is 2. The number of hydrogen-bond donors (Lipinski definition) is 1. The Morgan fingerprint density at radius 3 is 2.30 bits per heavy atom. The summed E-state index contributed by atoms with van der Waals surface area (Å²) in [5.74, 6) is 1.72. The van der Waals surface area contributed by atoms with Crippen LogP contribution in [0.15, 0.2) is 42.5 Å². The van der Waals surface area contributed by atoms with Gasteiger partial charge in [-0.25, -0.2) is 0 Å². The molecule has 0 saturated heterocycles. The summed E-state index contributed by atoms with van der Waals surface area (Å²) in [5, 5.41) is 2.99. The fraction of sp³-hybridized carbons (Fsp3) is 0.462. The molecule has 2 aromatic carbocycles. The van der Waals surface area contributed by atoms with E-state index in [4.69, 9.17) is 14.2 Å². The first-order valence-electron chi connectivity index (χ1n) is 11.3. The average molecular weight is 457 g/mol. The molecule has 7 nitrogen and oxygen atoms in total. The van der Waals surface area contributed by atoms with Crippen molar-refractivity contribution >= 4 is 11.8 Å². The summed E-state index contributed by atoms with van der Waals surface area (Å²) < 4.78 is 16.0. The minimum Gasteiger partial charge on any atom is -0.497 e. The standard InChI is InChI=1S/C26H36N2O5/c1-7-18(2)27-26(30)19(3)28(17-21-9-8-10-22(15-21)31-4)25(29)14-12-20-11-13-23(32-5)24(16-20)33-6/h8-11,13,15-16,18-19H,7,12,14,17H2,1-6H3,(H,27,30)/t18-,19-/m1/s1. The molecule has 0 saturated carbocycles. The van der Waals surface area contributed by atoms with Crippen LogP contribution in [-0.2, 0) is 22.6 Å². The van der Waals surface area contributed by atoms with E-state index in [9.17, 15) is 9.59 Å². The van der Waals surface area contributed by atoms with Crippen LogP contribution in [0.3, 0.4) is 0 Å². The van der Waals surface area contributed by atoms with Gasteiger partial charge in [-0.1, -0.05) is 25.1 Å². The maximum Gasteiger partial charge on any atom is 0.242 e. The number of hydrogen-bond acceptors (Lipinski definition) is 5. The molecule has 0 aliphatic rings. The van der Waals surface area contributed by atoms with Gasteiger partial charge in [0.25, 0.3) is 0 Å². The molecular formula is C26H36N2O5. The van der Waals surface area contributed by atoms with Gasteiger partial charge in [0.1, 0.15) is 11.8 Å². The number of benzene rings is 2. The Bertz CT molecular complexity index is 931. The minimum absolute atomic E-state index is 0.0421. The molecule has 0 heterocycles. The van der Waals surface area contributed by atoms with Crippen molar-refractivity contribution in [3.63, 3.8) is 0 Å². The highest BCUT2D eigenvalue weighted by Gasteiger charge is 2.26. The predicted octanol–water partition coefficient (Wildman–Crippen LogP) is 3.98. The number of ether oxygens (including phenoxy) is 3. The topological polar surface area (TPSA) is 77.1 Å². The van der Waals surface area contributed by atoms with Crippen molar-refractivity contribution in [1.29, 1.82) is 0 Å². The van der Waals surface area contributed by atoms with Crippen LogP contribution in [0, 0.1) is 0 Å². The maximum absolute atomic E-state index is 13.3. The maximum atomic E-state index is 13.3. The van der Waals surface area contributed by atoms with Crippen molar-refractivity contribution in [3.8, 4) is 17.2 Å². The monoisotopic (exact) mass is 456 g/mol. The van der Waals surface area contributed by atoms with Crippen LogP contribution in [0.2, 0.25) is 0 Å². The third-order valence-corrected chi connectivity index (χ3v) is 5.73. The molecule has 0 fully saturated rings. The van der Waals surface area contributed by atoms with Gasteiger partial charge >= 0.3 is 0 Å². The van der Waals surface area contributed by atoms with Crippen LogP contribution >= 0.6 is 0 Å². The molecule has 2 amide bonds. The summed E-state index contributed by atoms with van der Waals surface area (Å²) >= 11 is 0. The van der Waals surface area contributed by atoms with Gasteiger partial charge in [0.05, 0.1) is 21.3 Å². The van der Waals surface area contributed by atoms with Gasteiger partial charge in [-0.05, 0) is 62.1 Å². The Morgan fingerprint density at radius 1 is 0.939 bits per heavy atom. The Hall–Kier alpha value is -3.22. The number of nitrogens with zero attached hydrogens (tertiary/aromatic N) is 1. The average Bonchev–Trinajstić information content (AvgIpc) is 2.84. The molecule has 2 atom stereocenters. The molecule has 0 radical (unpaired) electrons. The van der Waals surface area contributed by atoms with Crippen LogP contribution in [0.25, 0.3) is 0 Å². The Morgan fingerprint density at radius 2 is 1.67 bits per heavy atom. The van der Waals surface area contributed by atoms with Gasteiger partial charge in [-0.2, -0.15) is 0 Å². The van der Waals surface area contributed by atoms with E-state index in [1.54, 1.807) is 33.2 Å².